The maximum Gasteiger partial charge on any atom is 0.229 e. The second kappa shape index (κ2) is 5.94. The van der Waals surface area contributed by atoms with E-state index in [1.807, 2.05) is 32.2 Å². The average molecular weight is 346 g/mol. The molecule has 0 aliphatic heterocycles. The van der Waals surface area contributed by atoms with E-state index < -0.39 is 10.0 Å². The number of fused-ring (bicyclic) bond motifs is 1. The van der Waals surface area contributed by atoms with Gasteiger partial charge in [-0.3, -0.25) is 4.72 Å². The van der Waals surface area contributed by atoms with Crippen LogP contribution >= 0.6 is 0 Å². The summed E-state index contributed by atoms with van der Waals surface area (Å²) >= 11 is 0. The van der Waals surface area contributed by atoms with E-state index in [2.05, 4.69) is 9.29 Å². The first-order valence-corrected chi connectivity index (χ1v) is 9.52. The van der Waals surface area contributed by atoms with Crippen LogP contribution in [0.4, 0.5) is 10.1 Å². The zero-order valence-corrected chi connectivity index (χ0v) is 14.6. The summed E-state index contributed by atoms with van der Waals surface area (Å²) in [4.78, 5) is 0. The quantitative estimate of drug-likeness (QED) is 0.761. The highest BCUT2D eigenvalue weighted by molar-refractivity contribution is 7.92. The number of hydrogen-bond acceptors (Lipinski definition) is 2. The molecule has 0 saturated carbocycles. The fourth-order valence-electron chi connectivity index (χ4n) is 2.84. The lowest BCUT2D eigenvalue weighted by molar-refractivity contribution is 0.607. The van der Waals surface area contributed by atoms with Crippen LogP contribution in [0.1, 0.15) is 19.9 Å². The van der Waals surface area contributed by atoms with Gasteiger partial charge in [-0.15, -0.1) is 0 Å². The lowest BCUT2D eigenvalue weighted by atomic mass is 10.0. The van der Waals surface area contributed by atoms with Crippen molar-refractivity contribution in [3.63, 3.8) is 0 Å². The van der Waals surface area contributed by atoms with Crippen LogP contribution in [0, 0.1) is 5.82 Å². The van der Waals surface area contributed by atoms with Gasteiger partial charge in [0.2, 0.25) is 10.0 Å². The Morgan fingerprint density at radius 3 is 2.50 bits per heavy atom. The Bertz CT molecular complexity index is 1010. The van der Waals surface area contributed by atoms with Gasteiger partial charge >= 0.3 is 0 Å². The van der Waals surface area contributed by atoms with E-state index in [0.29, 0.717) is 5.69 Å². The summed E-state index contributed by atoms with van der Waals surface area (Å²) in [6, 6.07) is 12.0. The predicted molar refractivity (Wildman–Crippen MR) is 96.2 cm³/mol. The van der Waals surface area contributed by atoms with Crippen LogP contribution in [-0.2, 0) is 10.0 Å². The fourth-order valence-corrected chi connectivity index (χ4v) is 3.40. The molecule has 4 nitrogen and oxygen atoms in total. The molecule has 1 heterocycles. The Morgan fingerprint density at radius 2 is 1.88 bits per heavy atom. The first-order valence-electron chi connectivity index (χ1n) is 7.63. The van der Waals surface area contributed by atoms with Gasteiger partial charge in [-0.05, 0) is 43.7 Å². The Labute approximate surface area is 141 Å². The van der Waals surface area contributed by atoms with E-state index in [0.717, 1.165) is 28.3 Å². The van der Waals surface area contributed by atoms with Crippen LogP contribution in [0.5, 0.6) is 0 Å². The van der Waals surface area contributed by atoms with Crippen molar-refractivity contribution in [3.8, 4) is 11.1 Å². The van der Waals surface area contributed by atoms with E-state index in [1.165, 1.54) is 12.1 Å². The number of rotatable bonds is 4. The van der Waals surface area contributed by atoms with Crippen molar-refractivity contribution in [3.05, 3.63) is 54.5 Å². The Morgan fingerprint density at radius 1 is 1.12 bits per heavy atom. The number of benzene rings is 2. The van der Waals surface area contributed by atoms with Gasteiger partial charge in [-0.25, -0.2) is 12.8 Å². The van der Waals surface area contributed by atoms with Crippen LogP contribution in [0.3, 0.4) is 0 Å². The molecule has 6 heteroatoms. The summed E-state index contributed by atoms with van der Waals surface area (Å²) in [7, 11) is -3.34. The third-order valence-electron chi connectivity index (χ3n) is 3.83. The van der Waals surface area contributed by atoms with Gasteiger partial charge in [0.05, 0.1) is 17.5 Å². The molecule has 0 aliphatic rings. The lowest BCUT2D eigenvalue weighted by Gasteiger charge is -2.10. The van der Waals surface area contributed by atoms with E-state index in [9.17, 15) is 12.8 Å². The molecule has 0 radical (unpaired) electrons. The van der Waals surface area contributed by atoms with Gasteiger partial charge in [-0.1, -0.05) is 18.2 Å². The van der Waals surface area contributed by atoms with E-state index in [4.69, 9.17) is 0 Å². The van der Waals surface area contributed by atoms with Gasteiger partial charge in [0, 0.05) is 23.2 Å². The third-order valence-corrected chi connectivity index (χ3v) is 4.44. The number of sulfonamides is 1. The van der Waals surface area contributed by atoms with Crippen molar-refractivity contribution < 1.29 is 12.8 Å². The standard InChI is InChI=1S/C18H19FN2O2S/c1-12(2)21-11-17(13-5-4-6-14(19)9-13)16-8-7-15(10-18(16)21)20-24(3,22)23/h4-12,20H,1-3H3. The monoisotopic (exact) mass is 346 g/mol. The zero-order chi connectivity index (χ0) is 17.5. The van der Waals surface area contributed by atoms with Crippen molar-refractivity contribution in [2.24, 2.45) is 0 Å². The average Bonchev–Trinajstić information content (AvgIpc) is 2.84. The number of hydrogen-bond donors (Lipinski definition) is 1. The summed E-state index contributed by atoms with van der Waals surface area (Å²) < 4.78 is 41.1. The summed E-state index contributed by atoms with van der Waals surface area (Å²) in [5.74, 6) is -0.284. The summed E-state index contributed by atoms with van der Waals surface area (Å²) in [5, 5.41) is 0.952. The van der Waals surface area contributed by atoms with Gasteiger partial charge in [0.15, 0.2) is 0 Å². The maximum atomic E-state index is 13.6. The molecule has 0 amide bonds. The summed E-state index contributed by atoms with van der Waals surface area (Å²) in [6.07, 6.45) is 3.10. The Balaban J connectivity index is 2.22. The Hall–Kier alpha value is -2.34. The molecule has 0 bridgehead atoms. The van der Waals surface area contributed by atoms with E-state index >= 15 is 0 Å². The third kappa shape index (κ3) is 3.28. The topological polar surface area (TPSA) is 51.1 Å². The molecule has 0 aliphatic carbocycles. The fraction of sp³-hybridized carbons (Fsp3) is 0.222. The van der Waals surface area contributed by atoms with Crippen molar-refractivity contribution in [2.45, 2.75) is 19.9 Å². The molecule has 0 saturated heterocycles. The van der Waals surface area contributed by atoms with Crippen LogP contribution in [-0.4, -0.2) is 19.2 Å². The smallest absolute Gasteiger partial charge is 0.229 e. The minimum absolute atomic E-state index is 0.184. The highest BCUT2D eigenvalue weighted by atomic mass is 32.2. The number of nitrogens with zero attached hydrogens (tertiary/aromatic N) is 1. The molecule has 3 rings (SSSR count). The number of nitrogens with one attached hydrogen (secondary N) is 1. The van der Waals surface area contributed by atoms with E-state index in [1.54, 1.807) is 18.2 Å². The number of anilines is 1. The van der Waals surface area contributed by atoms with Crippen molar-refractivity contribution >= 4 is 26.6 Å². The minimum atomic E-state index is -3.34. The van der Waals surface area contributed by atoms with Crippen LogP contribution in [0.15, 0.2) is 48.7 Å². The first-order chi connectivity index (χ1) is 11.2. The lowest BCUT2D eigenvalue weighted by Crippen LogP contribution is -2.09. The molecule has 24 heavy (non-hydrogen) atoms. The molecule has 3 aromatic rings. The van der Waals surface area contributed by atoms with Crippen molar-refractivity contribution in [1.29, 1.82) is 0 Å². The molecule has 0 atom stereocenters. The summed E-state index contributed by atoms with van der Waals surface area (Å²) in [6.45, 7) is 4.09. The Kier molecular flexibility index (Phi) is 4.09. The molecule has 0 fully saturated rings. The first kappa shape index (κ1) is 16.5. The van der Waals surface area contributed by atoms with E-state index in [-0.39, 0.29) is 11.9 Å². The second-order valence-corrected chi connectivity index (χ2v) is 7.91. The minimum Gasteiger partial charge on any atom is -0.344 e. The van der Waals surface area contributed by atoms with Gasteiger partial charge in [-0.2, -0.15) is 0 Å². The molecule has 2 aromatic carbocycles. The normalized spacial score (nSPS) is 12.0. The van der Waals surface area contributed by atoms with Crippen molar-refractivity contribution in [1.82, 2.24) is 4.57 Å². The molecular formula is C18H19FN2O2S. The van der Waals surface area contributed by atoms with Crippen LogP contribution < -0.4 is 4.72 Å². The van der Waals surface area contributed by atoms with Gasteiger partial charge in [0.1, 0.15) is 5.82 Å². The SMILES string of the molecule is CC(C)n1cc(-c2cccc(F)c2)c2ccc(NS(C)(=O)=O)cc21. The molecule has 0 spiro atoms. The predicted octanol–water partition coefficient (Wildman–Crippen LogP) is 4.40. The van der Waals surface area contributed by atoms with Gasteiger partial charge in [0.25, 0.3) is 0 Å². The largest absolute Gasteiger partial charge is 0.344 e. The number of aromatic nitrogens is 1. The van der Waals surface area contributed by atoms with Crippen LogP contribution in [0.2, 0.25) is 0 Å². The maximum absolute atomic E-state index is 13.6. The second-order valence-electron chi connectivity index (χ2n) is 6.16. The van der Waals surface area contributed by atoms with Crippen molar-refractivity contribution in [2.75, 3.05) is 11.0 Å². The summed E-state index contributed by atoms with van der Waals surface area (Å²) in [5.41, 5.74) is 3.13. The highest BCUT2D eigenvalue weighted by Crippen LogP contribution is 2.34. The van der Waals surface area contributed by atoms with Crippen LogP contribution in [0.25, 0.3) is 22.0 Å². The molecule has 126 valence electrons. The molecule has 1 N–H and O–H groups in total. The zero-order valence-electron chi connectivity index (χ0n) is 13.7. The molecule has 1 aromatic heterocycles. The highest BCUT2D eigenvalue weighted by Gasteiger charge is 2.14. The molecule has 0 unspecified atom stereocenters. The van der Waals surface area contributed by atoms with Gasteiger partial charge < -0.3 is 4.57 Å². The molecular weight excluding hydrogens is 327 g/mol. The number of halogens is 1.